The molecule has 106 valence electrons. The molecule has 2 atom stereocenters. The summed E-state index contributed by atoms with van der Waals surface area (Å²) >= 11 is 0. The first-order valence-corrected chi connectivity index (χ1v) is 7.05. The van der Waals surface area contributed by atoms with Gasteiger partial charge in [-0.2, -0.15) is 0 Å². The summed E-state index contributed by atoms with van der Waals surface area (Å²) in [6.07, 6.45) is 3.25. The lowest BCUT2D eigenvalue weighted by molar-refractivity contribution is -0.384. The molecule has 1 aromatic rings. The summed E-state index contributed by atoms with van der Waals surface area (Å²) in [7, 11) is 0. The average molecular weight is 264 g/mol. The highest BCUT2D eigenvalue weighted by Crippen LogP contribution is 2.19. The molecule has 0 saturated heterocycles. The minimum Gasteiger partial charge on any atom is -0.314 e. The van der Waals surface area contributed by atoms with E-state index >= 15 is 0 Å². The third kappa shape index (κ3) is 4.99. The van der Waals surface area contributed by atoms with Crippen molar-refractivity contribution in [3.63, 3.8) is 0 Å². The number of nitrogens with one attached hydrogen (secondary N) is 1. The Morgan fingerprint density at radius 2 is 1.89 bits per heavy atom. The Morgan fingerprint density at radius 1 is 1.26 bits per heavy atom. The zero-order chi connectivity index (χ0) is 14.3. The summed E-state index contributed by atoms with van der Waals surface area (Å²) in [5.41, 5.74) is 1.34. The molecule has 0 amide bonds. The normalized spacial score (nSPS) is 14.1. The lowest BCUT2D eigenvalue weighted by Gasteiger charge is -2.23. The quantitative estimate of drug-likeness (QED) is 0.577. The number of rotatable bonds is 8. The monoisotopic (exact) mass is 264 g/mol. The summed E-state index contributed by atoms with van der Waals surface area (Å²) in [6.45, 7) is 7.57. The molecule has 0 aliphatic heterocycles. The van der Waals surface area contributed by atoms with Crippen molar-refractivity contribution in [1.82, 2.24) is 5.32 Å². The Balaban J connectivity index is 2.52. The third-order valence-electron chi connectivity index (χ3n) is 3.71. The summed E-state index contributed by atoms with van der Waals surface area (Å²) < 4.78 is 0. The smallest absolute Gasteiger partial charge is 0.269 e. The Hall–Kier alpha value is -1.42. The van der Waals surface area contributed by atoms with Gasteiger partial charge in [0.2, 0.25) is 0 Å². The second-order valence-corrected chi connectivity index (χ2v) is 4.98. The molecule has 0 aliphatic rings. The molecular formula is C15H24N2O2. The van der Waals surface area contributed by atoms with Gasteiger partial charge in [-0.1, -0.05) is 32.4 Å². The van der Waals surface area contributed by atoms with Crippen LogP contribution in [0.2, 0.25) is 0 Å². The first kappa shape index (κ1) is 15.6. The summed E-state index contributed by atoms with van der Waals surface area (Å²) in [5.74, 6) is 0.648. The lowest BCUT2D eigenvalue weighted by atomic mass is 9.91. The van der Waals surface area contributed by atoms with Crippen LogP contribution in [0.1, 0.15) is 39.2 Å². The maximum absolute atomic E-state index is 10.6. The maximum Gasteiger partial charge on any atom is 0.269 e. The van der Waals surface area contributed by atoms with E-state index in [-0.39, 0.29) is 10.6 Å². The molecule has 4 heteroatoms. The van der Waals surface area contributed by atoms with Gasteiger partial charge in [0.15, 0.2) is 0 Å². The number of hydrogen-bond donors (Lipinski definition) is 1. The van der Waals surface area contributed by atoms with E-state index in [0.717, 1.165) is 25.8 Å². The maximum atomic E-state index is 10.6. The minimum absolute atomic E-state index is 0.164. The highest BCUT2D eigenvalue weighted by Gasteiger charge is 2.14. The Bertz CT molecular complexity index is 390. The highest BCUT2D eigenvalue weighted by atomic mass is 16.6. The minimum atomic E-state index is -0.355. The van der Waals surface area contributed by atoms with E-state index in [1.54, 1.807) is 12.1 Å². The van der Waals surface area contributed by atoms with Gasteiger partial charge in [0.25, 0.3) is 5.69 Å². The van der Waals surface area contributed by atoms with Crippen LogP contribution in [-0.2, 0) is 6.42 Å². The van der Waals surface area contributed by atoms with Crippen molar-refractivity contribution in [1.29, 1.82) is 0 Å². The molecule has 0 heterocycles. The van der Waals surface area contributed by atoms with Gasteiger partial charge in [-0.05, 0) is 37.8 Å². The van der Waals surface area contributed by atoms with Crippen molar-refractivity contribution in [2.75, 3.05) is 6.54 Å². The van der Waals surface area contributed by atoms with Gasteiger partial charge in [-0.15, -0.1) is 0 Å². The molecule has 0 spiro atoms. The van der Waals surface area contributed by atoms with E-state index in [9.17, 15) is 10.1 Å². The standard InChI is InChI=1S/C15H24N2O2/c1-4-14(12(3)16-5-2)9-6-13-7-10-15(11-8-13)17(18)19/h7-8,10-12,14,16H,4-6,9H2,1-3H3. The van der Waals surface area contributed by atoms with Crippen molar-refractivity contribution < 1.29 is 4.92 Å². The first-order chi connectivity index (χ1) is 9.08. The van der Waals surface area contributed by atoms with E-state index in [1.165, 1.54) is 5.56 Å². The second kappa shape index (κ2) is 7.89. The molecule has 2 unspecified atom stereocenters. The number of benzene rings is 1. The number of aryl methyl sites for hydroxylation is 1. The van der Waals surface area contributed by atoms with Gasteiger partial charge in [0, 0.05) is 18.2 Å². The van der Waals surface area contributed by atoms with Crippen LogP contribution in [0.25, 0.3) is 0 Å². The first-order valence-electron chi connectivity index (χ1n) is 7.05. The molecule has 0 fully saturated rings. The van der Waals surface area contributed by atoms with Gasteiger partial charge < -0.3 is 5.32 Å². The van der Waals surface area contributed by atoms with E-state index in [4.69, 9.17) is 0 Å². The number of nitrogens with zero attached hydrogens (tertiary/aromatic N) is 1. The molecule has 0 aromatic heterocycles. The molecule has 19 heavy (non-hydrogen) atoms. The topological polar surface area (TPSA) is 55.2 Å². The zero-order valence-electron chi connectivity index (χ0n) is 12.1. The Kier molecular flexibility index (Phi) is 6.50. The van der Waals surface area contributed by atoms with Crippen LogP contribution in [-0.4, -0.2) is 17.5 Å². The summed E-state index contributed by atoms with van der Waals surface area (Å²) in [6, 6.07) is 7.42. The van der Waals surface area contributed by atoms with Crippen molar-refractivity contribution in [2.24, 2.45) is 5.92 Å². The van der Waals surface area contributed by atoms with Crippen LogP contribution < -0.4 is 5.32 Å². The van der Waals surface area contributed by atoms with Crippen molar-refractivity contribution in [2.45, 2.75) is 46.1 Å². The fourth-order valence-electron chi connectivity index (χ4n) is 2.43. The molecule has 0 radical (unpaired) electrons. The second-order valence-electron chi connectivity index (χ2n) is 4.98. The van der Waals surface area contributed by atoms with Crippen LogP contribution in [0.4, 0.5) is 5.69 Å². The molecule has 4 nitrogen and oxygen atoms in total. The van der Waals surface area contributed by atoms with Crippen molar-refractivity contribution in [3.05, 3.63) is 39.9 Å². The molecule has 1 N–H and O–H groups in total. The van der Waals surface area contributed by atoms with Crippen LogP contribution >= 0.6 is 0 Å². The lowest BCUT2D eigenvalue weighted by Crippen LogP contribution is -2.33. The molecule has 0 bridgehead atoms. The zero-order valence-corrected chi connectivity index (χ0v) is 12.1. The Labute approximate surface area is 115 Å². The number of hydrogen-bond acceptors (Lipinski definition) is 3. The predicted molar refractivity (Wildman–Crippen MR) is 78.3 cm³/mol. The highest BCUT2D eigenvalue weighted by molar-refractivity contribution is 5.32. The van der Waals surface area contributed by atoms with E-state index in [2.05, 4.69) is 26.1 Å². The summed E-state index contributed by atoms with van der Waals surface area (Å²) in [5, 5.41) is 14.1. The van der Waals surface area contributed by atoms with Crippen LogP contribution in [0.5, 0.6) is 0 Å². The Morgan fingerprint density at radius 3 is 2.37 bits per heavy atom. The van der Waals surface area contributed by atoms with Gasteiger partial charge in [-0.25, -0.2) is 0 Å². The summed E-state index contributed by atoms with van der Waals surface area (Å²) in [4.78, 5) is 10.2. The van der Waals surface area contributed by atoms with Crippen molar-refractivity contribution in [3.8, 4) is 0 Å². The fourth-order valence-corrected chi connectivity index (χ4v) is 2.43. The van der Waals surface area contributed by atoms with Gasteiger partial charge in [0.05, 0.1) is 4.92 Å². The van der Waals surface area contributed by atoms with E-state index < -0.39 is 0 Å². The van der Waals surface area contributed by atoms with Crippen LogP contribution in [0.15, 0.2) is 24.3 Å². The largest absolute Gasteiger partial charge is 0.314 e. The number of nitro benzene ring substituents is 1. The number of nitro groups is 1. The van der Waals surface area contributed by atoms with Crippen molar-refractivity contribution >= 4 is 5.69 Å². The van der Waals surface area contributed by atoms with Gasteiger partial charge in [-0.3, -0.25) is 10.1 Å². The fraction of sp³-hybridized carbons (Fsp3) is 0.600. The van der Waals surface area contributed by atoms with Crippen LogP contribution in [0.3, 0.4) is 0 Å². The van der Waals surface area contributed by atoms with Crippen LogP contribution in [0, 0.1) is 16.0 Å². The molecule has 0 saturated carbocycles. The average Bonchev–Trinajstić information content (AvgIpc) is 2.40. The van der Waals surface area contributed by atoms with E-state index in [1.807, 2.05) is 12.1 Å². The SMILES string of the molecule is CCNC(C)C(CC)CCc1ccc([N+](=O)[O-])cc1. The molecular weight excluding hydrogens is 240 g/mol. The van der Waals surface area contributed by atoms with Gasteiger partial charge >= 0.3 is 0 Å². The molecule has 1 rings (SSSR count). The van der Waals surface area contributed by atoms with E-state index in [0.29, 0.717) is 12.0 Å². The molecule has 0 aliphatic carbocycles. The number of non-ortho nitro benzene ring substituents is 1. The third-order valence-corrected chi connectivity index (χ3v) is 3.71. The predicted octanol–water partition coefficient (Wildman–Crippen LogP) is 3.55. The molecule has 1 aromatic carbocycles. The van der Waals surface area contributed by atoms with Gasteiger partial charge in [0.1, 0.15) is 0 Å².